The van der Waals surface area contributed by atoms with Gasteiger partial charge < -0.3 is 14.6 Å². The molecule has 23 heavy (non-hydrogen) atoms. The van der Waals surface area contributed by atoms with Crippen molar-refractivity contribution in [1.29, 1.82) is 0 Å². The summed E-state index contributed by atoms with van der Waals surface area (Å²) in [4.78, 5) is 23.7. The standard InChI is InChI=1S/C18H16O5/c1-22-13-9-7-12(17(11-13)23-2)8-10-15(19)14-5-3-4-6-16(20)18(14)21/h3-11H,1-2H3,(H,20,21)/b10-8+. The predicted molar refractivity (Wildman–Crippen MR) is 87.3 cm³/mol. The lowest BCUT2D eigenvalue weighted by Gasteiger charge is -2.07. The second-order valence-corrected chi connectivity index (χ2v) is 4.65. The fourth-order valence-electron chi connectivity index (χ4n) is 2.00. The number of rotatable bonds is 5. The first-order valence-corrected chi connectivity index (χ1v) is 6.83. The fourth-order valence-corrected chi connectivity index (χ4v) is 2.00. The Hall–Kier alpha value is -3.08. The normalized spacial score (nSPS) is 10.5. The summed E-state index contributed by atoms with van der Waals surface area (Å²) in [5, 5.41) is 9.79. The molecule has 5 nitrogen and oxygen atoms in total. The van der Waals surface area contributed by atoms with E-state index in [0.717, 1.165) is 0 Å². The van der Waals surface area contributed by atoms with Gasteiger partial charge in [-0.1, -0.05) is 12.1 Å². The topological polar surface area (TPSA) is 72.8 Å². The van der Waals surface area contributed by atoms with Crippen LogP contribution in [0.5, 0.6) is 17.2 Å². The molecule has 0 heterocycles. The Balaban J connectivity index is 2.35. The maximum Gasteiger partial charge on any atom is 0.220 e. The number of aromatic hydroxyl groups is 1. The van der Waals surface area contributed by atoms with Crippen LogP contribution in [-0.2, 0) is 0 Å². The highest BCUT2D eigenvalue weighted by Gasteiger charge is 2.10. The first kappa shape index (κ1) is 16.3. The van der Waals surface area contributed by atoms with Gasteiger partial charge in [0.15, 0.2) is 11.5 Å². The third-order valence-corrected chi connectivity index (χ3v) is 3.23. The van der Waals surface area contributed by atoms with Gasteiger partial charge in [-0.15, -0.1) is 0 Å². The van der Waals surface area contributed by atoms with Gasteiger partial charge in [0.25, 0.3) is 0 Å². The molecule has 0 aliphatic carbocycles. The zero-order valence-corrected chi connectivity index (χ0v) is 12.8. The number of hydrogen-bond donors (Lipinski definition) is 1. The first-order valence-electron chi connectivity index (χ1n) is 6.83. The number of hydrogen-bond acceptors (Lipinski definition) is 5. The van der Waals surface area contributed by atoms with E-state index in [4.69, 9.17) is 9.47 Å². The Bertz CT molecular complexity index is 809. The second-order valence-electron chi connectivity index (χ2n) is 4.65. The van der Waals surface area contributed by atoms with Gasteiger partial charge in [0.1, 0.15) is 11.5 Å². The lowest BCUT2D eigenvalue weighted by Crippen LogP contribution is -2.01. The zero-order chi connectivity index (χ0) is 16.8. The SMILES string of the molecule is COc1ccc(/C=C/C(=O)c2ccccc(=O)c2O)c(OC)c1. The molecule has 118 valence electrons. The number of carbonyl (C=O) groups is 1. The van der Waals surface area contributed by atoms with Crippen molar-refractivity contribution in [3.05, 3.63) is 69.9 Å². The van der Waals surface area contributed by atoms with Crippen LogP contribution in [-0.4, -0.2) is 25.1 Å². The van der Waals surface area contributed by atoms with Crippen LogP contribution in [0.4, 0.5) is 0 Å². The zero-order valence-electron chi connectivity index (χ0n) is 12.8. The van der Waals surface area contributed by atoms with Gasteiger partial charge in [0, 0.05) is 11.6 Å². The fraction of sp³-hybridized carbons (Fsp3) is 0.111. The summed E-state index contributed by atoms with van der Waals surface area (Å²) in [5.41, 5.74) is 0.0151. The van der Waals surface area contributed by atoms with Crippen molar-refractivity contribution >= 4 is 11.9 Å². The molecule has 2 aromatic rings. The molecule has 0 spiro atoms. The summed E-state index contributed by atoms with van der Waals surface area (Å²) < 4.78 is 10.3. The Morgan fingerprint density at radius 2 is 1.83 bits per heavy atom. The molecular formula is C18H16O5. The molecule has 0 fully saturated rings. The quantitative estimate of drug-likeness (QED) is 0.679. The lowest BCUT2D eigenvalue weighted by molar-refractivity contribution is 0.104. The molecule has 0 amide bonds. The predicted octanol–water partition coefficient (Wildman–Crippen LogP) is 2.67. The second kappa shape index (κ2) is 7.26. The van der Waals surface area contributed by atoms with Gasteiger partial charge in [-0.05, 0) is 36.4 Å². The number of ketones is 1. The Morgan fingerprint density at radius 3 is 2.52 bits per heavy atom. The van der Waals surface area contributed by atoms with E-state index in [1.54, 1.807) is 31.4 Å². The van der Waals surface area contributed by atoms with E-state index in [-0.39, 0.29) is 5.56 Å². The van der Waals surface area contributed by atoms with E-state index in [0.29, 0.717) is 17.1 Å². The van der Waals surface area contributed by atoms with Crippen molar-refractivity contribution in [3.8, 4) is 17.2 Å². The number of benzene rings is 1. The minimum absolute atomic E-state index is 0.0521. The maximum atomic E-state index is 12.2. The molecule has 0 bridgehead atoms. The molecule has 0 aromatic heterocycles. The first-order chi connectivity index (χ1) is 11.1. The van der Waals surface area contributed by atoms with Crippen molar-refractivity contribution in [2.45, 2.75) is 0 Å². The van der Waals surface area contributed by atoms with Crippen molar-refractivity contribution in [3.63, 3.8) is 0 Å². The van der Waals surface area contributed by atoms with Gasteiger partial charge >= 0.3 is 0 Å². The molecule has 0 saturated heterocycles. The largest absolute Gasteiger partial charge is 0.504 e. The maximum absolute atomic E-state index is 12.2. The van der Waals surface area contributed by atoms with Gasteiger partial charge in [-0.2, -0.15) is 0 Å². The Labute approximate surface area is 133 Å². The molecule has 2 aromatic carbocycles. The van der Waals surface area contributed by atoms with Crippen molar-refractivity contribution in [2.24, 2.45) is 0 Å². The van der Waals surface area contributed by atoms with Gasteiger partial charge in [-0.3, -0.25) is 9.59 Å². The van der Waals surface area contributed by atoms with Crippen molar-refractivity contribution in [2.75, 3.05) is 14.2 Å². The highest BCUT2D eigenvalue weighted by atomic mass is 16.5. The van der Waals surface area contributed by atoms with Gasteiger partial charge in [-0.25, -0.2) is 0 Å². The minimum Gasteiger partial charge on any atom is -0.504 e. The van der Waals surface area contributed by atoms with Crippen molar-refractivity contribution in [1.82, 2.24) is 0 Å². The molecule has 2 rings (SSSR count). The molecule has 0 unspecified atom stereocenters. The third-order valence-electron chi connectivity index (χ3n) is 3.23. The smallest absolute Gasteiger partial charge is 0.220 e. The molecule has 0 aliphatic heterocycles. The van der Waals surface area contributed by atoms with Crippen LogP contribution in [0, 0.1) is 0 Å². The Kier molecular flexibility index (Phi) is 5.15. The van der Waals surface area contributed by atoms with E-state index in [1.807, 2.05) is 0 Å². The van der Waals surface area contributed by atoms with Gasteiger partial charge in [0.2, 0.25) is 5.43 Å². The summed E-state index contributed by atoms with van der Waals surface area (Å²) in [7, 11) is 3.06. The number of allylic oxidation sites excluding steroid dienone is 1. The Morgan fingerprint density at radius 1 is 1.09 bits per heavy atom. The van der Waals surface area contributed by atoms with Crippen LogP contribution in [0.2, 0.25) is 0 Å². The van der Waals surface area contributed by atoms with Crippen LogP contribution in [0.1, 0.15) is 15.9 Å². The molecule has 5 heteroatoms. The summed E-state index contributed by atoms with van der Waals surface area (Å²) in [5.74, 6) is 0.134. The summed E-state index contributed by atoms with van der Waals surface area (Å²) in [6.45, 7) is 0. The third kappa shape index (κ3) is 3.77. The van der Waals surface area contributed by atoms with Gasteiger partial charge in [0.05, 0.1) is 19.8 Å². The van der Waals surface area contributed by atoms with E-state index in [1.165, 1.54) is 37.5 Å². The van der Waals surface area contributed by atoms with Crippen LogP contribution < -0.4 is 14.9 Å². The molecule has 0 radical (unpaired) electrons. The lowest BCUT2D eigenvalue weighted by atomic mass is 10.1. The highest BCUT2D eigenvalue weighted by molar-refractivity contribution is 6.08. The molecule has 0 saturated carbocycles. The minimum atomic E-state index is -0.603. The average Bonchev–Trinajstić information content (AvgIpc) is 2.74. The summed E-state index contributed by atoms with van der Waals surface area (Å²) in [6.07, 6.45) is 2.83. The number of ether oxygens (including phenoxy) is 2. The van der Waals surface area contributed by atoms with Crippen LogP contribution in [0.25, 0.3) is 6.08 Å². The summed E-state index contributed by atoms with van der Waals surface area (Å²) >= 11 is 0. The van der Waals surface area contributed by atoms with E-state index >= 15 is 0 Å². The van der Waals surface area contributed by atoms with Crippen LogP contribution in [0.15, 0.2) is 53.3 Å². The number of carbonyl (C=O) groups excluding carboxylic acids is 1. The monoisotopic (exact) mass is 312 g/mol. The van der Waals surface area contributed by atoms with Crippen LogP contribution in [0.3, 0.4) is 0 Å². The molecule has 0 aliphatic rings. The van der Waals surface area contributed by atoms with Crippen molar-refractivity contribution < 1.29 is 19.4 Å². The van der Waals surface area contributed by atoms with E-state index in [2.05, 4.69) is 0 Å². The highest BCUT2D eigenvalue weighted by Crippen LogP contribution is 2.25. The molecule has 1 N–H and O–H groups in total. The van der Waals surface area contributed by atoms with E-state index in [9.17, 15) is 14.7 Å². The summed E-state index contributed by atoms with van der Waals surface area (Å²) in [6, 6.07) is 10.8. The average molecular weight is 312 g/mol. The molecular weight excluding hydrogens is 296 g/mol. The molecule has 0 atom stereocenters. The number of methoxy groups -OCH3 is 2. The van der Waals surface area contributed by atoms with E-state index < -0.39 is 17.0 Å². The van der Waals surface area contributed by atoms with Crippen LogP contribution >= 0.6 is 0 Å².